The fraction of sp³-hybridized carbons (Fsp3) is 0. The van der Waals surface area contributed by atoms with Gasteiger partial charge in [0.15, 0.2) is 5.58 Å². The number of nitrogens with zero attached hydrogens (tertiary/aromatic N) is 6. The van der Waals surface area contributed by atoms with Crippen LogP contribution >= 0.6 is 0 Å². The number of fused-ring (bicyclic) bond motifs is 16. The molecule has 7 nitrogen and oxygen atoms in total. The van der Waals surface area contributed by atoms with Gasteiger partial charge in [-0.2, -0.15) is 10.5 Å². The van der Waals surface area contributed by atoms with E-state index in [-0.39, 0.29) is 11.1 Å². The summed E-state index contributed by atoms with van der Waals surface area (Å²) in [7, 11) is 0. The number of hydrogen-bond acceptors (Lipinski definition) is 3. The zero-order chi connectivity index (χ0) is 45.5. The molecule has 0 saturated carbocycles. The second-order valence-corrected chi connectivity index (χ2v) is 17.8. The van der Waals surface area contributed by atoms with Crippen LogP contribution in [0.5, 0.6) is 0 Å². The minimum Gasteiger partial charge on any atom is -0.454 e. The first-order valence-corrected chi connectivity index (χ1v) is 23.1. The van der Waals surface area contributed by atoms with Gasteiger partial charge in [-0.3, -0.25) is 0 Å². The summed E-state index contributed by atoms with van der Waals surface area (Å²) >= 11 is 0. The second kappa shape index (κ2) is 13.9. The SMILES string of the molecule is N#Cc1c(C#N)c(-n2c3ccccc3c3ccc4c5ccccc5oc4c32)c(-n2c3ccccc3c3ccccc32)c(-n2c3ccccc3c3ccccc32)c1-n1c2ccccc2c2ccccc21. The van der Waals surface area contributed by atoms with Crippen LogP contribution in [0.15, 0.2) is 211 Å². The van der Waals surface area contributed by atoms with Gasteiger partial charge in [0, 0.05) is 53.9 Å². The number of aromatic nitrogens is 4. The Bertz CT molecular complexity index is 4660. The fourth-order valence-electron chi connectivity index (χ4n) is 11.7. The molecule has 0 bridgehead atoms. The predicted molar refractivity (Wildman–Crippen MR) is 281 cm³/mol. The lowest BCUT2D eigenvalue weighted by Crippen LogP contribution is -2.17. The molecule has 0 saturated heterocycles. The standard InChI is InChI=1S/C62H34N6O/c63-35-47-48(36-64)58(68-55-31-15-7-23-43(55)45-33-34-46-44-24-8-16-32-56(44)69-62(46)59(45)68)61(67-53-29-13-5-21-41(53)42-22-6-14-30-54(42)67)60(66-51-27-11-3-19-39(51)40-20-4-12-28-52(40)66)57(47)65-49-25-9-1-17-37(49)38-18-2-10-26-50(38)65/h1-34H. The molecule has 0 unspecified atom stereocenters. The van der Waals surface area contributed by atoms with Gasteiger partial charge < -0.3 is 22.7 Å². The van der Waals surface area contributed by atoms with Crippen molar-refractivity contribution >= 4 is 109 Å². The molecular weight excluding hydrogens is 845 g/mol. The first-order chi connectivity index (χ1) is 34.2. The second-order valence-electron chi connectivity index (χ2n) is 17.8. The molecule has 0 atom stereocenters. The maximum absolute atomic E-state index is 12.2. The molecule has 15 aromatic rings. The van der Waals surface area contributed by atoms with Crippen molar-refractivity contribution in [3.05, 3.63) is 217 Å². The highest BCUT2D eigenvalue weighted by atomic mass is 16.3. The Labute approximate surface area is 392 Å². The van der Waals surface area contributed by atoms with Crippen molar-refractivity contribution in [3.63, 3.8) is 0 Å². The Kier molecular flexibility index (Phi) is 7.51. The molecule has 0 radical (unpaired) electrons. The molecule has 69 heavy (non-hydrogen) atoms. The number of rotatable bonds is 4. The van der Waals surface area contributed by atoms with E-state index in [1.54, 1.807) is 0 Å². The zero-order valence-corrected chi connectivity index (χ0v) is 36.7. The third kappa shape index (κ3) is 4.82. The van der Waals surface area contributed by atoms with E-state index in [0.717, 1.165) is 115 Å². The van der Waals surface area contributed by atoms with E-state index in [2.05, 4.69) is 200 Å². The third-order valence-electron chi connectivity index (χ3n) is 14.4. The van der Waals surface area contributed by atoms with Crippen LogP contribution in [0.1, 0.15) is 11.1 Å². The Morgan fingerprint density at radius 2 is 0.565 bits per heavy atom. The molecule has 0 amide bonds. The molecule has 0 spiro atoms. The van der Waals surface area contributed by atoms with E-state index < -0.39 is 0 Å². The Morgan fingerprint density at radius 1 is 0.275 bits per heavy atom. The minimum absolute atomic E-state index is 0.242. The summed E-state index contributed by atoms with van der Waals surface area (Å²) in [5.41, 5.74) is 12.0. The van der Waals surface area contributed by atoms with Gasteiger partial charge in [0.25, 0.3) is 0 Å². The minimum atomic E-state index is 0.242. The first kappa shape index (κ1) is 37.4. The Hall–Kier alpha value is -9.82. The van der Waals surface area contributed by atoms with E-state index >= 15 is 0 Å². The van der Waals surface area contributed by atoms with Gasteiger partial charge in [-0.15, -0.1) is 0 Å². The van der Waals surface area contributed by atoms with Gasteiger partial charge in [0.2, 0.25) is 0 Å². The largest absolute Gasteiger partial charge is 0.454 e. The van der Waals surface area contributed by atoms with Crippen LogP contribution in [-0.2, 0) is 0 Å². The van der Waals surface area contributed by atoms with Crippen molar-refractivity contribution < 1.29 is 4.42 Å². The van der Waals surface area contributed by atoms with Crippen LogP contribution < -0.4 is 0 Å². The van der Waals surface area contributed by atoms with Gasteiger partial charge in [0.1, 0.15) is 17.7 Å². The van der Waals surface area contributed by atoms with Crippen LogP contribution in [0.25, 0.3) is 132 Å². The number of para-hydroxylation sites is 8. The summed E-state index contributed by atoms with van der Waals surface area (Å²) in [6, 6.07) is 77.1. The number of furan rings is 1. The lowest BCUT2D eigenvalue weighted by atomic mass is 9.98. The van der Waals surface area contributed by atoms with Crippen LogP contribution in [0, 0.1) is 22.7 Å². The number of nitriles is 2. The highest BCUT2D eigenvalue weighted by molar-refractivity contribution is 6.23. The molecule has 5 aromatic heterocycles. The molecule has 5 heterocycles. The summed E-state index contributed by atoms with van der Waals surface area (Å²) in [5, 5.41) is 34.6. The average Bonchev–Trinajstić information content (AvgIpc) is 4.21. The molecule has 318 valence electrons. The summed E-state index contributed by atoms with van der Waals surface area (Å²) in [6.45, 7) is 0. The molecular formula is C62H34N6O. The maximum atomic E-state index is 12.2. The van der Waals surface area contributed by atoms with E-state index in [0.29, 0.717) is 17.0 Å². The van der Waals surface area contributed by atoms with Crippen LogP contribution in [-0.4, -0.2) is 18.3 Å². The molecule has 0 aliphatic carbocycles. The highest BCUT2D eigenvalue weighted by Crippen LogP contribution is 2.50. The molecule has 7 heteroatoms. The van der Waals surface area contributed by atoms with Gasteiger partial charge >= 0.3 is 0 Å². The smallest absolute Gasteiger partial charge is 0.160 e. The lowest BCUT2D eigenvalue weighted by molar-refractivity contribution is 0.671. The lowest BCUT2D eigenvalue weighted by Gasteiger charge is -2.27. The molecule has 0 N–H and O–H groups in total. The van der Waals surface area contributed by atoms with Crippen LogP contribution in [0.4, 0.5) is 0 Å². The quantitative estimate of drug-likeness (QED) is 0.177. The summed E-state index contributed by atoms with van der Waals surface area (Å²) < 4.78 is 16.1. The molecule has 0 aliphatic rings. The summed E-state index contributed by atoms with van der Waals surface area (Å²) in [6.07, 6.45) is 0. The summed E-state index contributed by atoms with van der Waals surface area (Å²) in [4.78, 5) is 0. The van der Waals surface area contributed by atoms with Crippen molar-refractivity contribution in [2.75, 3.05) is 0 Å². The van der Waals surface area contributed by atoms with Gasteiger partial charge in [-0.25, -0.2) is 0 Å². The maximum Gasteiger partial charge on any atom is 0.160 e. The van der Waals surface area contributed by atoms with Crippen LogP contribution in [0.3, 0.4) is 0 Å². The zero-order valence-electron chi connectivity index (χ0n) is 36.7. The van der Waals surface area contributed by atoms with Crippen molar-refractivity contribution in [1.82, 2.24) is 18.3 Å². The first-order valence-electron chi connectivity index (χ1n) is 23.1. The molecule has 0 aliphatic heterocycles. The van der Waals surface area contributed by atoms with Crippen molar-refractivity contribution in [2.24, 2.45) is 0 Å². The van der Waals surface area contributed by atoms with E-state index in [1.165, 1.54) is 0 Å². The molecule has 0 fully saturated rings. The van der Waals surface area contributed by atoms with Crippen molar-refractivity contribution in [1.29, 1.82) is 10.5 Å². The van der Waals surface area contributed by atoms with E-state index in [4.69, 9.17) is 4.42 Å². The summed E-state index contributed by atoms with van der Waals surface area (Å²) in [5.74, 6) is 0. The van der Waals surface area contributed by atoms with E-state index in [9.17, 15) is 10.5 Å². The Balaban J connectivity index is 1.31. The van der Waals surface area contributed by atoms with Gasteiger partial charge in [-0.1, -0.05) is 152 Å². The fourth-order valence-corrected chi connectivity index (χ4v) is 11.7. The van der Waals surface area contributed by atoms with Crippen molar-refractivity contribution in [2.45, 2.75) is 0 Å². The monoisotopic (exact) mass is 878 g/mol. The average molecular weight is 879 g/mol. The number of benzene rings is 10. The third-order valence-corrected chi connectivity index (χ3v) is 14.4. The normalized spacial score (nSPS) is 12.0. The highest BCUT2D eigenvalue weighted by Gasteiger charge is 2.35. The van der Waals surface area contributed by atoms with Crippen LogP contribution in [0.2, 0.25) is 0 Å². The van der Waals surface area contributed by atoms with E-state index in [1.807, 2.05) is 36.4 Å². The predicted octanol–water partition coefficient (Wildman–Crippen LogP) is 15.7. The number of hydrogen-bond donors (Lipinski definition) is 0. The van der Waals surface area contributed by atoms with Gasteiger partial charge in [0.05, 0.1) is 78.0 Å². The topological polar surface area (TPSA) is 80.4 Å². The Morgan fingerprint density at radius 3 is 0.957 bits per heavy atom. The van der Waals surface area contributed by atoms with Crippen molar-refractivity contribution in [3.8, 4) is 34.9 Å². The molecule has 15 rings (SSSR count). The van der Waals surface area contributed by atoms with Gasteiger partial charge in [-0.05, 0) is 54.6 Å². The molecule has 10 aromatic carbocycles.